The first-order valence-corrected chi connectivity index (χ1v) is 11.3. The van der Waals surface area contributed by atoms with Gasteiger partial charge in [-0.2, -0.15) is 13.2 Å². The second-order valence-electron chi connectivity index (χ2n) is 8.01. The first kappa shape index (κ1) is 24.6. The number of amides is 2. The summed E-state index contributed by atoms with van der Waals surface area (Å²) in [7, 11) is 0. The second-order valence-corrected chi connectivity index (χ2v) is 9.24. The van der Waals surface area contributed by atoms with Gasteiger partial charge in [0.1, 0.15) is 17.5 Å². The maximum Gasteiger partial charge on any atom is 0.395 e. The van der Waals surface area contributed by atoms with Crippen LogP contribution >= 0.6 is 11.3 Å². The molecule has 6 nitrogen and oxygen atoms in total. The zero-order chi connectivity index (χ0) is 25.3. The fraction of sp³-hybridized carbons (Fsp3) is 0.261. The molecular weight excluding hydrogens is 489 g/mol. The average Bonchev–Trinajstić information content (AvgIpc) is 3.17. The summed E-state index contributed by atoms with van der Waals surface area (Å²) in [6, 6.07) is 2.42. The molecule has 0 saturated carbocycles. The Balaban J connectivity index is 1.50. The van der Waals surface area contributed by atoms with E-state index in [4.69, 9.17) is 5.73 Å². The second kappa shape index (κ2) is 9.61. The lowest BCUT2D eigenvalue weighted by Gasteiger charge is -2.23. The van der Waals surface area contributed by atoms with Gasteiger partial charge in [0.2, 0.25) is 0 Å². The minimum absolute atomic E-state index is 0.147. The molecule has 0 radical (unpaired) electrons. The van der Waals surface area contributed by atoms with Gasteiger partial charge in [-0.1, -0.05) is 12.2 Å². The smallest absolute Gasteiger partial charge is 0.384 e. The molecule has 4 rings (SSSR count). The number of alkyl halides is 3. The highest BCUT2D eigenvalue weighted by atomic mass is 32.1. The van der Waals surface area contributed by atoms with Gasteiger partial charge in [-0.3, -0.25) is 0 Å². The lowest BCUT2D eigenvalue weighted by atomic mass is 9.92. The monoisotopic (exact) mass is 509 g/mol. The molecule has 2 aromatic heterocycles. The van der Waals surface area contributed by atoms with Crippen LogP contribution in [0, 0.1) is 12.8 Å². The van der Waals surface area contributed by atoms with Crippen molar-refractivity contribution in [3.8, 4) is 11.3 Å². The maximum absolute atomic E-state index is 14.9. The van der Waals surface area contributed by atoms with Crippen molar-refractivity contribution in [3.05, 3.63) is 75.6 Å². The van der Waals surface area contributed by atoms with Gasteiger partial charge in [0.15, 0.2) is 0 Å². The van der Waals surface area contributed by atoms with Crippen LogP contribution in [0.25, 0.3) is 11.3 Å². The number of halogens is 5. The summed E-state index contributed by atoms with van der Waals surface area (Å²) in [5, 5.41) is 5.40. The summed E-state index contributed by atoms with van der Waals surface area (Å²) in [5.74, 6) is -3.94. The Morgan fingerprint density at radius 1 is 1.26 bits per heavy atom. The fourth-order valence-electron chi connectivity index (χ4n) is 3.77. The Morgan fingerprint density at radius 2 is 2.03 bits per heavy atom. The molecule has 12 heteroatoms. The van der Waals surface area contributed by atoms with E-state index in [1.54, 1.807) is 19.1 Å². The summed E-state index contributed by atoms with van der Waals surface area (Å²) in [6.07, 6.45) is 0.634. The first-order valence-electron chi connectivity index (χ1n) is 10.5. The number of pyridine rings is 1. The van der Waals surface area contributed by atoms with Crippen LogP contribution in [-0.4, -0.2) is 22.2 Å². The number of nitrogen functional groups attached to an aromatic ring is 1. The number of hydrogen-bond donors (Lipinski definition) is 3. The van der Waals surface area contributed by atoms with E-state index in [0.717, 1.165) is 12.2 Å². The topological polar surface area (TPSA) is 92.9 Å². The van der Waals surface area contributed by atoms with Crippen molar-refractivity contribution >= 4 is 23.2 Å². The van der Waals surface area contributed by atoms with E-state index < -0.39 is 35.7 Å². The lowest BCUT2D eigenvalue weighted by Crippen LogP contribution is -2.36. The molecule has 0 spiro atoms. The van der Waals surface area contributed by atoms with Crippen molar-refractivity contribution in [2.45, 2.75) is 31.9 Å². The average molecular weight is 510 g/mol. The molecule has 0 aromatic carbocycles. The maximum atomic E-state index is 14.9. The van der Waals surface area contributed by atoms with Gasteiger partial charge in [-0.15, -0.1) is 11.3 Å². The van der Waals surface area contributed by atoms with Crippen molar-refractivity contribution in [3.63, 3.8) is 0 Å². The highest BCUT2D eigenvalue weighted by Crippen LogP contribution is 2.44. The minimum atomic E-state index is -4.38. The predicted molar refractivity (Wildman–Crippen MR) is 122 cm³/mol. The van der Waals surface area contributed by atoms with Gasteiger partial charge in [-0.05, 0) is 31.6 Å². The molecule has 2 atom stereocenters. The van der Waals surface area contributed by atoms with E-state index in [1.165, 1.54) is 23.6 Å². The SMILES string of the molecule is Cc1nc(-c2ccnc(N)c2)c(C2CC(NC(=O)NC3=CCC(C(F)(F)F)C=C3)=C(F)C=C2F)s1. The van der Waals surface area contributed by atoms with E-state index in [2.05, 4.69) is 20.6 Å². The van der Waals surface area contributed by atoms with E-state index in [9.17, 15) is 26.7 Å². The number of aryl methyl sites for hydroxylation is 1. The molecule has 184 valence electrons. The van der Waals surface area contributed by atoms with Gasteiger partial charge in [0.05, 0.1) is 28.2 Å². The number of rotatable bonds is 4. The number of hydrogen-bond acceptors (Lipinski definition) is 5. The Hall–Kier alpha value is -3.54. The Bertz CT molecular complexity index is 1280. The van der Waals surface area contributed by atoms with Gasteiger partial charge < -0.3 is 16.4 Å². The number of aromatic nitrogens is 2. The summed E-state index contributed by atoms with van der Waals surface area (Å²) in [6.45, 7) is 1.75. The summed E-state index contributed by atoms with van der Waals surface area (Å²) >= 11 is 1.24. The highest BCUT2D eigenvalue weighted by Gasteiger charge is 2.38. The standard InChI is InChI=1S/C23H20F5N5OS/c1-11-31-20(12-6-7-30-19(29)8-12)21(35-11)15-9-18(17(25)10-16(15)24)33-22(34)32-14-4-2-13(3-5-14)23(26,27)28/h2,4-8,10,13,15H,3,9H2,1H3,(H2,29,30)(H2,32,33,34). The Morgan fingerprint density at radius 3 is 2.69 bits per heavy atom. The lowest BCUT2D eigenvalue weighted by molar-refractivity contribution is -0.160. The number of carbonyl (C=O) groups excluding carboxylic acids is 1. The third-order valence-corrected chi connectivity index (χ3v) is 6.55. The molecule has 2 unspecified atom stereocenters. The molecule has 2 amide bonds. The molecule has 0 saturated heterocycles. The van der Waals surface area contributed by atoms with Crippen LogP contribution in [0.1, 0.15) is 28.6 Å². The predicted octanol–water partition coefficient (Wildman–Crippen LogP) is 5.94. The molecule has 2 aliphatic carbocycles. The molecule has 2 heterocycles. The molecule has 35 heavy (non-hydrogen) atoms. The fourth-order valence-corrected chi connectivity index (χ4v) is 4.83. The number of nitrogens with two attached hydrogens (primary N) is 1. The molecule has 2 aliphatic rings. The van der Waals surface area contributed by atoms with Crippen LogP contribution in [0.15, 0.2) is 65.7 Å². The van der Waals surface area contributed by atoms with Crippen molar-refractivity contribution in [1.29, 1.82) is 0 Å². The van der Waals surface area contributed by atoms with Gasteiger partial charge in [0, 0.05) is 34.8 Å². The van der Waals surface area contributed by atoms with Crippen molar-refractivity contribution in [1.82, 2.24) is 20.6 Å². The molecule has 0 fully saturated rings. The number of nitrogens with one attached hydrogen (secondary N) is 2. The highest BCUT2D eigenvalue weighted by molar-refractivity contribution is 7.12. The van der Waals surface area contributed by atoms with Crippen LogP contribution < -0.4 is 16.4 Å². The zero-order valence-electron chi connectivity index (χ0n) is 18.3. The molecule has 0 aliphatic heterocycles. The number of allylic oxidation sites excluding steroid dienone is 7. The van der Waals surface area contributed by atoms with E-state index in [1.807, 2.05) is 0 Å². The van der Waals surface area contributed by atoms with E-state index in [-0.39, 0.29) is 30.1 Å². The van der Waals surface area contributed by atoms with Crippen molar-refractivity contribution < 1.29 is 26.7 Å². The van der Waals surface area contributed by atoms with Crippen LogP contribution in [0.3, 0.4) is 0 Å². The minimum Gasteiger partial charge on any atom is -0.384 e. The number of thiazole rings is 1. The van der Waals surface area contributed by atoms with E-state index in [0.29, 0.717) is 27.2 Å². The summed E-state index contributed by atoms with van der Waals surface area (Å²) in [5.41, 5.74) is 6.86. The number of anilines is 1. The zero-order valence-corrected chi connectivity index (χ0v) is 19.1. The van der Waals surface area contributed by atoms with Crippen LogP contribution in [-0.2, 0) is 0 Å². The normalized spacial score (nSPS) is 20.4. The Labute approximate surface area is 201 Å². The molecule has 0 bridgehead atoms. The van der Waals surface area contributed by atoms with Crippen LogP contribution in [0.2, 0.25) is 0 Å². The van der Waals surface area contributed by atoms with Crippen molar-refractivity contribution in [2.24, 2.45) is 5.92 Å². The largest absolute Gasteiger partial charge is 0.395 e. The number of carbonyl (C=O) groups is 1. The summed E-state index contributed by atoms with van der Waals surface area (Å²) < 4.78 is 67.7. The molecule has 2 aromatic rings. The third-order valence-electron chi connectivity index (χ3n) is 5.47. The Kier molecular flexibility index (Phi) is 6.75. The number of nitrogens with zero attached hydrogens (tertiary/aromatic N) is 2. The quantitative estimate of drug-likeness (QED) is 0.445. The third kappa shape index (κ3) is 5.59. The van der Waals surface area contributed by atoms with E-state index >= 15 is 0 Å². The van der Waals surface area contributed by atoms with Crippen molar-refractivity contribution in [2.75, 3.05) is 5.73 Å². The van der Waals surface area contributed by atoms with Gasteiger partial charge in [-0.25, -0.2) is 23.5 Å². The van der Waals surface area contributed by atoms with Gasteiger partial charge in [0.25, 0.3) is 0 Å². The first-order chi connectivity index (χ1) is 16.5. The van der Waals surface area contributed by atoms with Crippen LogP contribution in [0.5, 0.6) is 0 Å². The molecular formula is C23H20F5N5OS. The van der Waals surface area contributed by atoms with Gasteiger partial charge >= 0.3 is 12.2 Å². The molecule has 4 N–H and O–H groups in total. The van der Waals surface area contributed by atoms with Crippen LogP contribution in [0.4, 0.5) is 32.6 Å². The number of urea groups is 1. The summed E-state index contributed by atoms with van der Waals surface area (Å²) in [4.78, 5) is 21.3.